The molecule has 0 N–H and O–H groups in total. The molecule has 0 amide bonds. The van der Waals surface area contributed by atoms with E-state index in [2.05, 4.69) is 0 Å². The van der Waals surface area contributed by atoms with E-state index in [0.29, 0.717) is 0 Å². The van der Waals surface area contributed by atoms with Crippen LogP contribution in [0.4, 0.5) is 5.69 Å². The van der Waals surface area contributed by atoms with E-state index in [-0.39, 0.29) is 16.5 Å². The number of rotatable bonds is 4. The number of benzene rings is 1. The smallest absolute Gasteiger partial charge is 0.340 e. The van der Waals surface area contributed by atoms with E-state index in [9.17, 15) is 14.9 Å². The van der Waals surface area contributed by atoms with Gasteiger partial charge in [-0.1, -0.05) is 11.6 Å². The van der Waals surface area contributed by atoms with E-state index in [1.807, 2.05) is 0 Å². The molecule has 6 nitrogen and oxygen atoms in total. The van der Waals surface area contributed by atoms with Gasteiger partial charge in [-0.3, -0.25) is 10.1 Å². The van der Waals surface area contributed by atoms with Gasteiger partial charge in [0.1, 0.15) is 10.8 Å². The minimum Gasteiger partial charge on any atom is -0.425 e. The number of halogens is 1. The molecule has 1 rings (SSSR count). The maximum absolute atomic E-state index is 11.3. The van der Waals surface area contributed by atoms with E-state index in [1.54, 1.807) is 0 Å². The van der Waals surface area contributed by atoms with Crippen molar-refractivity contribution in [2.45, 2.75) is 13.0 Å². The Morgan fingerprint density at radius 3 is 2.65 bits per heavy atom. The van der Waals surface area contributed by atoms with E-state index in [1.165, 1.54) is 32.2 Å². The number of hydrogen-bond donors (Lipinski definition) is 0. The fourth-order valence-electron chi connectivity index (χ4n) is 0.995. The minimum atomic E-state index is -0.719. The maximum atomic E-state index is 11.3. The highest BCUT2D eigenvalue weighted by atomic mass is 35.5. The molecule has 1 unspecified atom stereocenters. The molecule has 0 bridgehead atoms. The molecule has 92 valence electrons. The van der Waals surface area contributed by atoms with E-state index < -0.39 is 17.0 Å². The predicted molar refractivity (Wildman–Crippen MR) is 60.2 cm³/mol. The number of nitro groups is 1. The van der Waals surface area contributed by atoms with Crippen LogP contribution >= 0.6 is 11.6 Å². The van der Waals surface area contributed by atoms with Gasteiger partial charge in [-0.05, 0) is 13.0 Å². The van der Waals surface area contributed by atoms with Gasteiger partial charge in [0, 0.05) is 19.2 Å². The Bertz CT molecular complexity index is 448. The summed E-state index contributed by atoms with van der Waals surface area (Å²) in [4.78, 5) is 21.2. The highest BCUT2D eigenvalue weighted by Gasteiger charge is 2.17. The minimum absolute atomic E-state index is 0.0923. The largest absolute Gasteiger partial charge is 0.425 e. The number of carbonyl (C=O) groups is 1. The molecule has 17 heavy (non-hydrogen) atoms. The Balaban J connectivity index is 2.84. The Morgan fingerprint density at radius 1 is 1.53 bits per heavy atom. The molecular weight excluding hydrogens is 250 g/mol. The van der Waals surface area contributed by atoms with Crippen molar-refractivity contribution in [2.75, 3.05) is 7.11 Å². The molecular formula is C10H10ClNO5. The number of carbonyl (C=O) groups excluding carboxylic acids is 1. The quantitative estimate of drug-likeness (QED) is 0.358. The van der Waals surface area contributed by atoms with Gasteiger partial charge in [0.25, 0.3) is 5.69 Å². The van der Waals surface area contributed by atoms with Gasteiger partial charge in [-0.15, -0.1) is 0 Å². The van der Waals surface area contributed by atoms with Gasteiger partial charge in [0.05, 0.1) is 4.92 Å². The normalized spacial score (nSPS) is 11.9. The first-order valence-corrected chi connectivity index (χ1v) is 5.02. The number of nitro benzene ring substituents is 1. The van der Waals surface area contributed by atoms with Crippen LogP contribution in [-0.4, -0.2) is 24.1 Å². The SMILES string of the molecule is COC(C)C(=O)Oc1ccc([N+](=O)[O-])c(Cl)c1. The molecule has 1 atom stereocenters. The molecule has 0 radical (unpaired) electrons. The summed E-state index contributed by atoms with van der Waals surface area (Å²) in [5.74, 6) is -0.466. The van der Waals surface area contributed by atoms with Crippen LogP contribution in [0, 0.1) is 10.1 Å². The number of hydrogen-bond acceptors (Lipinski definition) is 5. The van der Waals surface area contributed by atoms with Crippen molar-refractivity contribution in [3.63, 3.8) is 0 Å². The summed E-state index contributed by atoms with van der Waals surface area (Å²) in [5.41, 5.74) is -0.244. The summed E-state index contributed by atoms with van der Waals surface area (Å²) in [7, 11) is 1.37. The molecule has 1 aromatic rings. The Morgan fingerprint density at radius 2 is 2.18 bits per heavy atom. The molecule has 0 aromatic heterocycles. The van der Waals surface area contributed by atoms with Gasteiger partial charge >= 0.3 is 5.97 Å². The molecule has 0 aliphatic carbocycles. The van der Waals surface area contributed by atoms with Crippen LogP contribution in [0.1, 0.15) is 6.92 Å². The van der Waals surface area contributed by atoms with Crippen molar-refractivity contribution >= 4 is 23.3 Å². The van der Waals surface area contributed by atoms with Crippen molar-refractivity contribution in [2.24, 2.45) is 0 Å². The van der Waals surface area contributed by atoms with Crippen molar-refractivity contribution in [3.8, 4) is 5.75 Å². The zero-order valence-electron chi connectivity index (χ0n) is 9.18. The zero-order chi connectivity index (χ0) is 13.0. The van der Waals surface area contributed by atoms with E-state index in [4.69, 9.17) is 21.1 Å². The van der Waals surface area contributed by atoms with Crippen molar-refractivity contribution in [1.82, 2.24) is 0 Å². The summed E-state index contributed by atoms with van der Waals surface area (Å²) in [6, 6.07) is 3.67. The number of nitrogens with zero attached hydrogens (tertiary/aromatic N) is 1. The predicted octanol–water partition coefficient (Wildman–Crippen LogP) is 2.19. The van der Waals surface area contributed by atoms with Gasteiger partial charge < -0.3 is 9.47 Å². The molecule has 0 aliphatic rings. The lowest BCUT2D eigenvalue weighted by Gasteiger charge is -2.09. The van der Waals surface area contributed by atoms with Crippen LogP contribution in [0.5, 0.6) is 5.75 Å². The summed E-state index contributed by atoms with van der Waals surface area (Å²) in [6.07, 6.45) is -0.719. The monoisotopic (exact) mass is 259 g/mol. The number of methoxy groups -OCH3 is 1. The van der Waals surface area contributed by atoms with Crippen LogP contribution < -0.4 is 4.74 Å². The Hall–Kier alpha value is -1.66. The average molecular weight is 260 g/mol. The van der Waals surface area contributed by atoms with Crippen LogP contribution in [-0.2, 0) is 9.53 Å². The van der Waals surface area contributed by atoms with Crippen LogP contribution in [0.25, 0.3) is 0 Å². The lowest BCUT2D eigenvalue weighted by atomic mass is 10.3. The molecule has 0 spiro atoms. The standard InChI is InChI=1S/C10H10ClNO5/c1-6(16-2)10(13)17-7-3-4-9(12(14)15)8(11)5-7/h3-6H,1-2H3. The molecule has 0 saturated carbocycles. The van der Waals surface area contributed by atoms with Crippen LogP contribution in [0.2, 0.25) is 5.02 Å². The third-order valence-electron chi connectivity index (χ3n) is 2.02. The van der Waals surface area contributed by atoms with Gasteiger partial charge in [0.2, 0.25) is 0 Å². The first-order chi connectivity index (χ1) is 7.95. The Labute approximate surface area is 102 Å². The number of ether oxygens (including phenoxy) is 2. The highest BCUT2D eigenvalue weighted by Crippen LogP contribution is 2.28. The zero-order valence-corrected chi connectivity index (χ0v) is 9.93. The fraction of sp³-hybridized carbons (Fsp3) is 0.300. The molecule has 0 saturated heterocycles. The third kappa shape index (κ3) is 3.40. The topological polar surface area (TPSA) is 78.7 Å². The van der Waals surface area contributed by atoms with Crippen molar-refractivity contribution < 1.29 is 19.2 Å². The first-order valence-electron chi connectivity index (χ1n) is 4.64. The molecule has 1 aromatic carbocycles. The van der Waals surface area contributed by atoms with Crippen LogP contribution in [0.3, 0.4) is 0 Å². The third-order valence-corrected chi connectivity index (χ3v) is 2.32. The lowest BCUT2D eigenvalue weighted by molar-refractivity contribution is -0.384. The Kier molecular flexibility index (Phi) is 4.42. The maximum Gasteiger partial charge on any atom is 0.340 e. The highest BCUT2D eigenvalue weighted by molar-refractivity contribution is 6.32. The number of esters is 1. The van der Waals surface area contributed by atoms with Crippen LogP contribution in [0.15, 0.2) is 18.2 Å². The second-order valence-corrected chi connectivity index (χ2v) is 3.58. The summed E-state index contributed by atoms with van der Waals surface area (Å²) < 4.78 is 9.67. The molecule has 0 fully saturated rings. The van der Waals surface area contributed by atoms with Gasteiger partial charge in [-0.25, -0.2) is 4.79 Å². The summed E-state index contributed by atoms with van der Waals surface area (Å²) >= 11 is 5.66. The molecule has 0 aliphatic heterocycles. The van der Waals surface area contributed by atoms with Gasteiger partial charge in [0.15, 0.2) is 6.10 Å². The summed E-state index contributed by atoms with van der Waals surface area (Å²) in [5, 5.41) is 10.4. The second kappa shape index (κ2) is 5.60. The molecule has 0 heterocycles. The van der Waals surface area contributed by atoms with Crippen molar-refractivity contribution in [3.05, 3.63) is 33.3 Å². The molecule has 7 heteroatoms. The van der Waals surface area contributed by atoms with Crippen molar-refractivity contribution in [1.29, 1.82) is 0 Å². The fourth-order valence-corrected chi connectivity index (χ4v) is 1.23. The van der Waals surface area contributed by atoms with E-state index in [0.717, 1.165) is 0 Å². The first kappa shape index (κ1) is 13.4. The van der Waals surface area contributed by atoms with Gasteiger partial charge in [-0.2, -0.15) is 0 Å². The average Bonchev–Trinajstić information content (AvgIpc) is 2.27. The summed E-state index contributed by atoms with van der Waals surface area (Å²) in [6.45, 7) is 1.52. The van der Waals surface area contributed by atoms with E-state index >= 15 is 0 Å². The lowest BCUT2D eigenvalue weighted by Crippen LogP contribution is -2.24. The second-order valence-electron chi connectivity index (χ2n) is 3.17.